The zero-order valence-corrected chi connectivity index (χ0v) is 21.0. The molecule has 4 aromatic rings. The lowest BCUT2D eigenvalue weighted by molar-refractivity contribution is -0.137. The summed E-state index contributed by atoms with van der Waals surface area (Å²) in [6.07, 6.45) is -0.940. The summed E-state index contributed by atoms with van der Waals surface area (Å²) < 4.78 is 96.2. The van der Waals surface area contributed by atoms with Gasteiger partial charge in [-0.25, -0.2) is 17.2 Å². The zero-order chi connectivity index (χ0) is 27.0. The number of aromatic nitrogens is 3. The molecule has 2 fully saturated rings. The molecule has 0 saturated heterocycles. The maximum absolute atomic E-state index is 14.3. The topological polar surface area (TPSA) is 64.8 Å². The van der Waals surface area contributed by atoms with E-state index in [4.69, 9.17) is 0 Å². The predicted octanol–water partition coefficient (Wildman–Crippen LogP) is 7.04. The Morgan fingerprint density at radius 1 is 1.00 bits per heavy atom. The molecule has 6 rings (SSSR count). The molecule has 0 spiro atoms. The summed E-state index contributed by atoms with van der Waals surface area (Å²) in [5.74, 6) is -2.88. The molecule has 0 aliphatic heterocycles. The number of fused-ring (bicyclic) bond motifs is 1. The van der Waals surface area contributed by atoms with Gasteiger partial charge in [0.15, 0.2) is 9.84 Å². The summed E-state index contributed by atoms with van der Waals surface area (Å²) in [4.78, 5) is 8.08. The molecule has 0 radical (unpaired) electrons. The third-order valence-corrected chi connectivity index (χ3v) is 8.97. The van der Waals surface area contributed by atoms with Crippen molar-refractivity contribution in [2.45, 2.75) is 55.1 Å². The Balaban J connectivity index is 1.55. The molecule has 2 saturated carbocycles. The van der Waals surface area contributed by atoms with Gasteiger partial charge in [-0.3, -0.25) is 9.97 Å². The zero-order valence-electron chi connectivity index (χ0n) is 20.1. The summed E-state index contributed by atoms with van der Waals surface area (Å²) in [7, 11) is -3.90. The van der Waals surface area contributed by atoms with Crippen LogP contribution in [0, 0.1) is 0 Å². The van der Waals surface area contributed by atoms with Crippen LogP contribution in [0.25, 0.3) is 33.5 Å². The third kappa shape index (κ3) is 4.26. The van der Waals surface area contributed by atoms with Crippen molar-refractivity contribution < 1.29 is 30.4 Å². The van der Waals surface area contributed by atoms with Crippen LogP contribution in [0.3, 0.4) is 0 Å². The van der Waals surface area contributed by atoms with Gasteiger partial charge in [0.05, 0.1) is 32.9 Å². The maximum Gasteiger partial charge on any atom is 0.417 e. The van der Waals surface area contributed by atoms with Gasteiger partial charge in [-0.05, 0) is 48.1 Å². The van der Waals surface area contributed by atoms with Gasteiger partial charge >= 0.3 is 6.18 Å². The Labute approximate surface area is 215 Å². The molecular formula is C27H22F5N3O2S. The Kier molecular flexibility index (Phi) is 5.47. The second-order valence-electron chi connectivity index (χ2n) is 9.88. The molecule has 2 aliphatic carbocycles. The van der Waals surface area contributed by atoms with Crippen molar-refractivity contribution >= 4 is 20.9 Å². The van der Waals surface area contributed by atoms with E-state index in [1.54, 1.807) is 0 Å². The molecule has 5 nitrogen and oxygen atoms in total. The monoisotopic (exact) mass is 547 g/mol. The molecule has 3 heterocycles. The number of hydrogen-bond acceptors (Lipinski definition) is 4. The van der Waals surface area contributed by atoms with E-state index in [2.05, 4.69) is 9.97 Å². The van der Waals surface area contributed by atoms with Crippen molar-refractivity contribution in [1.82, 2.24) is 14.5 Å². The van der Waals surface area contributed by atoms with Gasteiger partial charge in [0.2, 0.25) is 0 Å². The number of pyridine rings is 2. The van der Waals surface area contributed by atoms with Crippen molar-refractivity contribution in [1.29, 1.82) is 0 Å². The van der Waals surface area contributed by atoms with Crippen molar-refractivity contribution in [3.05, 3.63) is 66.0 Å². The molecule has 1 unspecified atom stereocenters. The molecule has 38 heavy (non-hydrogen) atoms. The van der Waals surface area contributed by atoms with Gasteiger partial charge in [-0.15, -0.1) is 0 Å². The molecule has 0 amide bonds. The lowest BCUT2D eigenvalue weighted by Gasteiger charge is -2.15. The second kappa shape index (κ2) is 8.33. The van der Waals surface area contributed by atoms with E-state index in [0.717, 1.165) is 29.0 Å². The molecule has 1 atom stereocenters. The molecule has 2 aliphatic rings. The van der Waals surface area contributed by atoms with E-state index in [-0.39, 0.29) is 33.1 Å². The number of rotatable bonds is 6. The van der Waals surface area contributed by atoms with Crippen LogP contribution in [0.5, 0.6) is 0 Å². The number of nitrogens with zero attached hydrogens (tertiary/aromatic N) is 3. The minimum atomic E-state index is -4.73. The highest BCUT2D eigenvalue weighted by Crippen LogP contribution is 2.55. The average Bonchev–Trinajstić information content (AvgIpc) is 3.79. The lowest BCUT2D eigenvalue weighted by atomic mass is 10.0. The summed E-state index contributed by atoms with van der Waals surface area (Å²) in [5, 5.41) is 0. The van der Waals surface area contributed by atoms with E-state index in [9.17, 15) is 30.4 Å². The first kappa shape index (κ1) is 25.0. The third-order valence-electron chi connectivity index (χ3n) is 7.22. The number of sulfone groups is 1. The normalized spacial score (nSPS) is 19.2. The number of halogens is 5. The Bertz CT molecular complexity index is 1670. The molecule has 0 N–H and O–H groups in total. The van der Waals surface area contributed by atoms with Gasteiger partial charge in [0.1, 0.15) is 11.7 Å². The van der Waals surface area contributed by atoms with E-state index >= 15 is 0 Å². The van der Waals surface area contributed by atoms with Crippen LogP contribution in [-0.2, 0) is 16.0 Å². The smallest absolute Gasteiger partial charge is 0.328 e. The molecule has 11 heteroatoms. The summed E-state index contributed by atoms with van der Waals surface area (Å²) >= 11 is 0. The number of benzene rings is 1. The first-order valence-electron chi connectivity index (χ1n) is 12.2. The van der Waals surface area contributed by atoms with Crippen molar-refractivity contribution in [3.8, 4) is 22.5 Å². The molecular weight excluding hydrogens is 525 g/mol. The maximum atomic E-state index is 14.3. The average molecular weight is 548 g/mol. The lowest BCUT2D eigenvalue weighted by Crippen LogP contribution is -2.11. The first-order chi connectivity index (χ1) is 17.9. The first-order valence-corrected chi connectivity index (χ1v) is 13.8. The minimum Gasteiger partial charge on any atom is -0.328 e. The van der Waals surface area contributed by atoms with Gasteiger partial charge in [-0.2, -0.15) is 13.2 Å². The highest BCUT2D eigenvalue weighted by Gasteiger charge is 2.59. The van der Waals surface area contributed by atoms with Gasteiger partial charge in [0, 0.05) is 24.4 Å². The Morgan fingerprint density at radius 2 is 1.68 bits per heavy atom. The Morgan fingerprint density at radius 3 is 2.26 bits per heavy atom. The van der Waals surface area contributed by atoms with E-state index in [1.165, 1.54) is 30.8 Å². The summed E-state index contributed by atoms with van der Waals surface area (Å²) in [5.41, 5.74) is 1.16. The highest BCUT2D eigenvalue weighted by atomic mass is 32.2. The van der Waals surface area contributed by atoms with Crippen molar-refractivity contribution in [2.75, 3.05) is 5.75 Å². The fourth-order valence-electron chi connectivity index (χ4n) is 4.80. The van der Waals surface area contributed by atoms with E-state index < -0.39 is 40.0 Å². The molecule has 198 valence electrons. The summed E-state index contributed by atoms with van der Waals surface area (Å²) in [6.45, 7) is 1.46. The fourth-order valence-corrected chi connectivity index (χ4v) is 5.87. The van der Waals surface area contributed by atoms with Crippen LogP contribution >= 0.6 is 0 Å². The highest BCUT2D eigenvalue weighted by molar-refractivity contribution is 7.91. The van der Waals surface area contributed by atoms with Crippen molar-refractivity contribution in [3.63, 3.8) is 0 Å². The minimum absolute atomic E-state index is 0.0170. The van der Waals surface area contributed by atoms with Crippen LogP contribution < -0.4 is 0 Å². The van der Waals surface area contributed by atoms with E-state index in [0.29, 0.717) is 17.7 Å². The number of hydrogen-bond donors (Lipinski definition) is 0. The summed E-state index contributed by atoms with van der Waals surface area (Å²) in [6, 6.07) is 9.87. The number of alkyl halides is 5. The second-order valence-corrected chi connectivity index (χ2v) is 12.1. The van der Waals surface area contributed by atoms with Crippen molar-refractivity contribution in [2.24, 2.45) is 0 Å². The largest absolute Gasteiger partial charge is 0.417 e. The predicted molar refractivity (Wildman–Crippen MR) is 132 cm³/mol. The van der Waals surface area contributed by atoms with Crippen LogP contribution in [0.15, 0.2) is 59.8 Å². The van der Waals surface area contributed by atoms with Gasteiger partial charge in [0.25, 0.3) is 5.92 Å². The fraction of sp³-hybridized carbons (Fsp3) is 0.333. The van der Waals surface area contributed by atoms with Crippen LogP contribution in [0.4, 0.5) is 22.0 Å². The standard InChI is InChI=1S/C27H22F5N3O2S/c1-2-38(36,37)23-9-18(17-7-5-16(6-8-17)15-3-4-15)13-34-25(23)22-11-20-21(35(22)24-12-26(24,28)29)10-19(14-33-20)27(30,31)32/h5-11,13-15,24H,2-4,12H2,1H3. The molecule has 0 bridgehead atoms. The van der Waals surface area contributed by atoms with Gasteiger partial charge in [-0.1, -0.05) is 31.2 Å². The van der Waals surface area contributed by atoms with Crippen LogP contribution in [0.1, 0.15) is 49.3 Å². The Hall–Kier alpha value is -3.34. The van der Waals surface area contributed by atoms with Crippen LogP contribution in [-0.4, -0.2) is 34.6 Å². The quantitative estimate of drug-likeness (QED) is 0.243. The molecule has 1 aromatic carbocycles. The SMILES string of the molecule is CCS(=O)(=O)c1cc(-c2ccc(C3CC3)cc2)cnc1-c1cc2ncc(C(F)(F)F)cc2n1C1CC1(F)F. The van der Waals surface area contributed by atoms with Crippen LogP contribution in [0.2, 0.25) is 0 Å². The molecule has 3 aromatic heterocycles. The van der Waals surface area contributed by atoms with Gasteiger partial charge < -0.3 is 4.57 Å². The van der Waals surface area contributed by atoms with E-state index in [1.807, 2.05) is 24.3 Å².